The molecular weight excluding hydrogens is 348 g/mol. The molecule has 4 rings (SSSR count). The van der Waals surface area contributed by atoms with Crippen molar-refractivity contribution in [3.8, 4) is 0 Å². The minimum Gasteiger partial charge on any atom is -0.451 e. The molecule has 140 valence electrons. The van der Waals surface area contributed by atoms with E-state index < -0.39 is 0 Å². The number of benzene rings is 2. The number of hydrogen-bond donors (Lipinski definition) is 0. The van der Waals surface area contributed by atoms with Crippen molar-refractivity contribution in [3.05, 3.63) is 94.9 Å². The smallest absolute Gasteiger partial charge is 0.295 e. The first kappa shape index (κ1) is 18.0. The average Bonchev–Trinajstić information content (AvgIpc) is 3.03. The zero-order valence-corrected chi connectivity index (χ0v) is 16.3. The molecule has 2 aromatic carbocycles. The van der Waals surface area contributed by atoms with Crippen molar-refractivity contribution in [2.24, 2.45) is 0 Å². The van der Waals surface area contributed by atoms with Crippen LogP contribution in [0.2, 0.25) is 0 Å². The van der Waals surface area contributed by atoms with E-state index in [1.165, 1.54) is 5.56 Å². The van der Waals surface area contributed by atoms with Crippen LogP contribution < -0.4 is 4.90 Å². The highest BCUT2D eigenvalue weighted by molar-refractivity contribution is 6.07. The number of anilines is 1. The fourth-order valence-corrected chi connectivity index (χ4v) is 3.31. The number of aryl methyl sites for hydroxylation is 3. The summed E-state index contributed by atoms with van der Waals surface area (Å²) in [7, 11) is 0. The van der Waals surface area contributed by atoms with Gasteiger partial charge in [0.1, 0.15) is 11.4 Å². The highest BCUT2D eigenvalue weighted by atomic mass is 16.3. The van der Waals surface area contributed by atoms with Crippen LogP contribution in [0.1, 0.15) is 32.8 Å². The Kier molecular flexibility index (Phi) is 4.70. The number of nitrogens with zero attached hydrogens (tertiary/aromatic N) is 2. The lowest BCUT2D eigenvalue weighted by molar-refractivity contribution is 0.0959. The van der Waals surface area contributed by atoms with Gasteiger partial charge in [-0.3, -0.25) is 9.69 Å². The Morgan fingerprint density at radius 3 is 2.43 bits per heavy atom. The van der Waals surface area contributed by atoms with Crippen LogP contribution in [0.3, 0.4) is 0 Å². The van der Waals surface area contributed by atoms with Crippen molar-refractivity contribution in [1.29, 1.82) is 0 Å². The number of amides is 1. The molecule has 0 spiro atoms. The van der Waals surface area contributed by atoms with E-state index in [4.69, 9.17) is 4.42 Å². The van der Waals surface area contributed by atoms with E-state index in [9.17, 15) is 4.79 Å². The minimum absolute atomic E-state index is 0.189. The van der Waals surface area contributed by atoms with Gasteiger partial charge < -0.3 is 4.42 Å². The lowest BCUT2D eigenvalue weighted by Crippen LogP contribution is -2.31. The Morgan fingerprint density at radius 1 is 0.964 bits per heavy atom. The molecular formula is C24H22N2O2. The van der Waals surface area contributed by atoms with Gasteiger partial charge in [0.05, 0.1) is 6.54 Å². The molecule has 0 aliphatic rings. The largest absolute Gasteiger partial charge is 0.451 e. The van der Waals surface area contributed by atoms with Gasteiger partial charge >= 0.3 is 0 Å². The zero-order valence-electron chi connectivity index (χ0n) is 16.3. The summed E-state index contributed by atoms with van der Waals surface area (Å²) in [6.45, 7) is 6.41. The number of fused-ring (bicyclic) bond motifs is 1. The topological polar surface area (TPSA) is 46.3 Å². The summed E-state index contributed by atoms with van der Waals surface area (Å²) in [5.74, 6) is 0.771. The lowest BCUT2D eigenvalue weighted by Gasteiger charge is -2.21. The summed E-state index contributed by atoms with van der Waals surface area (Å²) in [6, 6.07) is 19.7. The molecule has 0 aliphatic heterocycles. The molecule has 4 heteroatoms. The van der Waals surface area contributed by atoms with E-state index in [0.29, 0.717) is 18.1 Å². The Labute approximate surface area is 164 Å². The Hall–Kier alpha value is -3.40. The fourth-order valence-electron chi connectivity index (χ4n) is 3.31. The van der Waals surface area contributed by atoms with E-state index in [0.717, 1.165) is 27.7 Å². The second kappa shape index (κ2) is 7.31. The van der Waals surface area contributed by atoms with Gasteiger partial charge in [0, 0.05) is 17.1 Å². The molecule has 0 atom stereocenters. The monoisotopic (exact) mass is 370 g/mol. The van der Waals surface area contributed by atoms with Crippen molar-refractivity contribution in [3.63, 3.8) is 0 Å². The molecule has 0 unspecified atom stereocenters. The number of hydrogen-bond acceptors (Lipinski definition) is 3. The molecule has 2 heterocycles. The summed E-state index contributed by atoms with van der Waals surface area (Å²) in [6.07, 6.45) is 1.69. The number of rotatable bonds is 4. The summed E-state index contributed by atoms with van der Waals surface area (Å²) in [4.78, 5) is 19.6. The summed E-state index contributed by atoms with van der Waals surface area (Å²) < 4.78 is 5.98. The predicted molar refractivity (Wildman–Crippen MR) is 112 cm³/mol. The quantitative estimate of drug-likeness (QED) is 0.470. The van der Waals surface area contributed by atoms with Gasteiger partial charge in [-0.25, -0.2) is 4.98 Å². The third-order valence-corrected chi connectivity index (χ3v) is 4.92. The van der Waals surface area contributed by atoms with Crippen LogP contribution in [-0.2, 0) is 6.54 Å². The Morgan fingerprint density at radius 2 is 1.71 bits per heavy atom. The molecule has 0 saturated carbocycles. The van der Waals surface area contributed by atoms with E-state index in [2.05, 4.69) is 4.98 Å². The van der Waals surface area contributed by atoms with Gasteiger partial charge in [0.25, 0.3) is 5.91 Å². The van der Waals surface area contributed by atoms with Crippen LogP contribution in [0.25, 0.3) is 11.0 Å². The first-order valence-corrected chi connectivity index (χ1v) is 9.31. The first-order chi connectivity index (χ1) is 13.5. The molecule has 0 fully saturated rings. The van der Waals surface area contributed by atoms with Gasteiger partial charge in [0.2, 0.25) is 0 Å². The van der Waals surface area contributed by atoms with Gasteiger partial charge in [-0.15, -0.1) is 0 Å². The summed E-state index contributed by atoms with van der Waals surface area (Å²) in [5, 5.41) is 0.963. The lowest BCUT2D eigenvalue weighted by atomic mass is 10.1. The number of furan rings is 1. The Bertz CT molecular complexity index is 1130. The van der Waals surface area contributed by atoms with Gasteiger partial charge in [-0.2, -0.15) is 0 Å². The van der Waals surface area contributed by atoms with E-state index in [1.54, 1.807) is 11.1 Å². The third kappa shape index (κ3) is 3.41. The van der Waals surface area contributed by atoms with Crippen molar-refractivity contribution in [1.82, 2.24) is 4.98 Å². The minimum atomic E-state index is -0.189. The summed E-state index contributed by atoms with van der Waals surface area (Å²) >= 11 is 0. The van der Waals surface area contributed by atoms with Crippen LogP contribution in [-0.4, -0.2) is 10.9 Å². The maximum absolute atomic E-state index is 13.5. The van der Waals surface area contributed by atoms with Crippen LogP contribution >= 0.6 is 0 Å². The molecule has 0 aliphatic carbocycles. The molecule has 1 amide bonds. The van der Waals surface area contributed by atoms with Gasteiger partial charge in [0.15, 0.2) is 5.76 Å². The maximum Gasteiger partial charge on any atom is 0.295 e. The van der Waals surface area contributed by atoms with Crippen LogP contribution in [0, 0.1) is 20.8 Å². The van der Waals surface area contributed by atoms with E-state index >= 15 is 0 Å². The molecule has 0 N–H and O–H groups in total. The number of aromatic nitrogens is 1. The van der Waals surface area contributed by atoms with E-state index in [-0.39, 0.29) is 5.91 Å². The molecule has 28 heavy (non-hydrogen) atoms. The van der Waals surface area contributed by atoms with Crippen LogP contribution in [0.15, 0.2) is 71.3 Å². The second-order valence-corrected chi connectivity index (χ2v) is 7.12. The molecule has 0 radical (unpaired) electrons. The molecule has 0 saturated heterocycles. The zero-order chi connectivity index (χ0) is 19.7. The molecule has 4 nitrogen and oxygen atoms in total. The van der Waals surface area contributed by atoms with Crippen molar-refractivity contribution >= 4 is 22.7 Å². The summed E-state index contributed by atoms with van der Waals surface area (Å²) in [5.41, 5.74) is 4.90. The fraction of sp³-hybridized carbons (Fsp3) is 0.167. The maximum atomic E-state index is 13.5. The van der Waals surface area contributed by atoms with Crippen molar-refractivity contribution in [2.75, 3.05) is 4.90 Å². The SMILES string of the molecule is Cc1ccc(CN(C(=O)c2oc3cc(C)ccc3c2C)c2ccccn2)cc1. The van der Waals surface area contributed by atoms with Gasteiger partial charge in [-0.1, -0.05) is 48.0 Å². The van der Waals surface area contributed by atoms with Crippen molar-refractivity contribution < 1.29 is 9.21 Å². The second-order valence-electron chi connectivity index (χ2n) is 7.12. The normalized spacial score (nSPS) is 11.0. The number of carbonyl (C=O) groups excluding carboxylic acids is 1. The average molecular weight is 370 g/mol. The molecule has 0 bridgehead atoms. The van der Waals surface area contributed by atoms with E-state index in [1.807, 2.05) is 81.4 Å². The standard InChI is InChI=1S/C24H22N2O2/c1-16-7-10-19(11-8-16)15-26(22-6-4-5-13-25-22)24(27)23-18(3)20-12-9-17(2)14-21(20)28-23/h4-14H,15H2,1-3H3. The highest BCUT2D eigenvalue weighted by Crippen LogP contribution is 2.28. The van der Waals surface area contributed by atoms with Gasteiger partial charge in [-0.05, 0) is 50.1 Å². The van der Waals surface area contributed by atoms with Crippen LogP contribution in [0.4, 0.5) is 5.82 Å². The predicted octanol–water partition coefficient (Wildman–Crippen LogP) is 5.60. The third-order valence-electron chi connectivity index (χ3n) is 4.92. The van der Waals surface area contributed by atoms with Crippen molar-refractivity contribution in [2.45, 2.75) is 27.3 Å². The first-order valence-electron chi connectivity index (χ1n) is 9.31. The number of pyridine rings is 1. The Balaban J connectivity index is 1.76. The number of carbonyl (C=O) groups is 1. The molecule has 4 aromatic rings. The van der Waals surface area contributed by atoms with Crippen LogP contribution in [0.5, 0.6) is 0 Å². The molecule has 2 aromatic heterocycles. The highest BCUT2D eigenvalue weighted by Gasteiger charge is 2.25.